The van der Waals surface area contributed by atoms with E-state index >= 15 is 0 Å². The van der Waals surface area contributed by atoms with Crippen molar-refractivity contribution in [1.82, 2.24) is 0 Å². The normalized spacial score (nSPS) is 11.1. The van der Waals surface area contributed by atoms with Crippen LogP contribution in [0.5, 0.6) is 11.5 Å². The number of halogens is 1. The van der Waals surface area contributed by atoms with Crippen molar-refractivity contribution < 1.29 is 14.4 Å². The van der Waals surface area contributed by atoms with E-state index in [1.807, 2.05) is 0 Å². The van der Waals surface area contributed by atoms with Gasteiger partial charge in [0, 0.05) is 0 Å². The largest absolute Gasteiger partial charge is 0.493 e. The van der Waals surface area contributed by atoms with Crippen LogP contribution in [0.15, 0.2) is 24.8 Å². The maximum Gasteiger partial charge on any atom is 0.278 e. The lowest BCUT2D eigenvalue weighted by Crippen LogP contribution is -2.10. The molecule has 7 heteroatoms. The molecule has 0 aromatic heterocycles. The molecule has 18 heavy (non-hydrogen) atoms. The standard InChI is InChI=1S/C11H14N2O4.ClH/c1-4-8(12)7-5-10(16-2)11(17-3)6-9(7)13(14)15;/h4-6,8H,1,12H2,2-3H3;1H/t8-;/m0./s1. The first-order valence-corrected chi connectivity index (χ1v) is 4.83. The van der Waals surface area contributed by atoms with Gasteiger partial charge in [-0.15, -0.1) is 19.0 Å². The highest BCUT2D eigenvalue weighted by molar-refractivity contribution is 5.85. The Kier molecular flexibility index (Phi) is 6.15. The first-order chi connectivity index (χ1) is 8.04. The Labute approximate surface area is 111 Å². The van der Waals surface area contributed by atoms with Crippen LogP contribution in [0.4, 0.5) is 5.69 Å². The van der Waals surface area contributed by atoms with Crippen molar-refractivity contribution in [2.24, 2.45) is 5.73 Å². The molecule has 0 aliphatic heterocycles. The number of nitrogens with zero attached hydrogens (tertiary/aromatic N) is 1. The number of nitrogens with two attached hydrogens (primary N) is 1. The number of nitro groups is 1. The van der Waals surface area contributed by atoms with Gasteiger partial charge in [-0.05, 0) is 6.07 Å². The lowest BCUT2D eigenvalue weighted by atomic mass is 10.0. The van der Waals surface area contributed by atoms with Crippen LogP contribution >= 0.6 is 12.4 Å². The third-order valence-electron chi connectivity index (χ3n) is 2.34. The summed E-state index contributed by atoms with van der Waals surface area (Å²) >= 11 is 0. The summed E-state index contributed by atoms with van der Waals surface area (Å²) in [6.45, 7) is 3.52. The molecule has 1 atom stereocenters. The Hall–Kier alpha value is -1.79. The maximum atomic E-state index is 10.9. The average Bonchev–Trinajstić information content (AvgIpc) is 2.35. The van der Waals surface area contributed by atoms with Gasteiger partial charge in [-0.2, -0.15) is 0 Å². The minimum absolute atomic E-state index is 0. The molecule has 0 aliphatic carbocycles. The molecule has 1 aromatic carbocycles. The number of hydrogen-bond acceptors (Lipinski definition) is 5. The third kappa shape index (κ3) is 3.12. The molecule has 6 nitrogen and oxygen atoms in total. The minimum atomic E-state index is -0.629. The van der Waals surface area contributed by atoms with Crippen molar-refractivity contribution in [1.29, 1.82) is 0 Å². The Balaban J connectivity index is 0.00000289. The number of methoxy groups -OCH3 is 2. The van der Waals surface area contributed by atoms with Crippen LogP contribution in [0, 0.1) is 10.1 Å². The summed E-state index contributed by atoms with van der Waals surface area (Å²) in [7, 11) is 2.86. The lowest BCUT2D eigenvalue weighted by Gasteiger charge is -2.12. The molecule has 0 aliphatic rings. The molecular formula is C11H15ClN2O4. The zero-order chi connectivity index (χ0) is 13.0. The number of ether oxygens (including phenoxy) is 2. The van der Waals surface area contributed by atoms with Crippen molar-refractivity contribution in [3.05, 3.63) is 40.5 Å². The molecule has 2 N–H and O–H groups in total. The quantitative estimate of drug-likeness (QED) is 0.505. The number of rotatable bonds is 5. The van der Waals surface area contributed by atoms with E-state index in [-0.39, 0.29) is 18.1 Å². The van der Waals surface area contributed by atoms with E-state index in [2.05, 4.69) is 6.58 Å². The second-order valence-corrected chi connectivity index (χ2v) is 3.28. The summed E-state index contributed by atoms with van der Waals surface area (Å²) < 4.78 is 10.1. The van der Waals surface area contributed by atoms with Gasteiger partial charge in [-0.3, -0.25) is 10.1 Å². The molecule has 100 valence electrons. The highest BCUT2D eigenvalue weighted by atomic mass is 35.5. The van der Waals surface area contributed by atoms with Crippen molar-refractivity contribution >= 4 is 18.1 Å². The zero-order valence-electron chi connectivity index (χ0n) is 10.1. The van der Waals surface area contributed by atoms with Gasteiger partial charge < -0.3 is 15.2 Å². The average molecular weight is 275 g/mol. The Bertz CT molecular complexity index is 451. The first kappa shape index (κ1) is 16.2. The summed E-state index contributed by atoms with van der Waals surface area (Å²) in [5.41, 5.74) is 5.95. The van der Waals surface area contributed by atoms with Gasteiger partial charge >= 0.3 is 0 Å². The van der Waals surface area contributed by atoms with Crippen LogP contribution in [0.3, 0.4) is 0 Å². The van der Waals surface area contributed by atoms with E-state index in [4.69, 9.17) is 15.2 Å². The highest BCUT2D eigenvalue weighted by Gasteiger charge is 2.22. The van der Waals surface area contributed by atoms with Gasteiger partial charge in [-0.1, -0.05) is 6.08 Å². The van der Waals surface area contributed by atoms with E-state index in [0.29, 0.717) is 17.1 Å². The third-order valence-corrected chi connectivity index (χ3v) is 2.34. The summed E-state index contributed by atoms with van der Waals surface area (Å²) in [5.74, 6) is 0.685. The van der Waals surface area contributed by atoms with Crippen LogP contribution in [0.2, 0.25) is 0 Å². The predicted molar refractivity (Wildman–Crippen MR) is 70.6 cm³/mol. The fourth-order valence-electron chi connectivity index (χ4n) is 1.44. The Morgan fingerprint density at radius 2 is 1.89 bits per heavy atom. The molecule has 0 heterocycles. The summed E-state index contributed by atoms with van der Waals surface area (Å²) in [6.07, 6.45) is 1.42. The van der Waals surface area contributed by atoms with E-state index in [9.17, 15) is 10.1 Å². The van der Waals surface area contributed by atoms with Crippen LogP contribution < -0.4 is 15.2 Å². The van der Waals surface area contributed by atoms with E-state index in [1.54, 1.807) is 0 Å². The first-order valence-electron chi connectivity index (χ1n) is 4.83. The molecule has 0 unspecified atom stereocenters. The second kappa shape index (κ2) is 6.83. The summed E-state index contributed by atoms with van der Waals surface area (Å²) in [5, 5.41) is 10.9. The van der Waals surface area contributed by atoms with E-state index in [1.165, 1.54) is 32.4 Å². The van der Waals surface area contributed by atoms with Gasteiger partial charge in [0.25, 0.3) is 5.69 Å². The molecule has 0 radical (unpaired) electrons. The monoisotopic (exact) mass is 274 g/mol. The molecule has 0 bridgehead atoms. The summed E-state index contributed by atoms with van der Waals surface area (Å²) in [6, 6.07) is 2.15. The Morgan fingerprint density at radius 1 is 1.39 bits per heavy atom. The zero-order valence-corrected chi connectivity index (χ0v) is 10.9. The molecule has 0 spiro atoms. The number of benzene rings is 1. The summed E-state index contributed by atoms with van der Waals surface area (Å²) in [4.78, 5) is 10.4. The minimum Gasteiger partial charge on any atom is -0.493 e. The van der Waals surface area contributed by atoms with Crippen molar-refractivity contribution in [2.45, 2.75) is 6.04 Å². The molecule has 1 aromatic rings. The fraction of sp³-hybridized carbons (Fsp3) is 0.273. The molecule has 0 amide bonds. The number of hydrogen-bond donors (Lipinski definition) is 1. The molecule has 0 fully saturated rings. The van der Waals surface area contributed by atoms with Crippen molar-refractivity contribution in [3.63, 3.8) is 0 Å². The SMILES string of the molecule is C=C[C@H](N)c1cc(OC)c(OC)cc1[N+](=O)[O-].Cl. The predicted octanol–water partition coefficient (Wildman–Crippen LogP) is 2.22. The second-order valence-electron chi connectivity index (χ2n) is 3.28. The molecule has 0 saturated heterocycles. The van der Waals surface area contributed by atoms with Crippen LogP contribution in [-0.4, -0.2) is 19.1 Å². The smallest absolute Gasteiger partial charge is 0.278 e. The molecular weight excluding hydrogens is 260 g/mol. The molecule has 0 saturated carbocycles. The van der Waals surface area contributed by atoms with Gasteiger partial charge in [-0.25, -0.2) is 0 Å². The van der Waals surface area contributed by atoms with E-state index < -0.39 is 11.0 Å². The van der Waals surface area contributed by atoms with Crippen LogP contribution in [0.25, 0.3) is 0 Å². The van der Waals surface area contributed by atoms with Crippen LogP contribution in [0.1, 0.15) is 11.6 Å². The highest BCUT2D eigenvalue weighted by Crippen LogP contribution is 2.36. The van der Waals surface area contributed by atoms with Gasteiger partial charge in [0.1, 0.15) is 0 Å². The maximum absolute atomic E-state index is 10.9. The molecule has 1 rings (SSSR count). The topological polar surface area (TPSA) is 87.6 Å². The van der Waals surface area contributed by atoms with E-state index in [0.717, 1.165) is 0 Å². The fourth-order valence-corrected chi connectivity index (χ4v) is 1.44. The van der Waals surface area contributed by atoms with Crippen molar-refractivity contribution in [2.75, 3.05) is 14.2 Å². The van der Waals surface area contributed by atoms with Crippen molar-refractivity contribution in [3.8, 4) is 11.5 Å². The van der Waals surface area contributed by atoms with Gasteiger partial charge in [0.2, 0.25) is 0 Å². The van der Waals surface area contributed by atoms with Crippen LogP contribution in [-0.2, 0) is 0 Å². The van der Waals surface area contributed by atoms with Gasteiger partial charge in [0.15, 0.2) is 11.5 Å². The lowest BCUT2D eigenvalue weighted by molar-refractivity contribution is -0.385. The Morgan fingerprint density at radius 3 is 2.28 bits per heavy atom. The number of nitro benzene ring substituents is 1. The van der Waals surface area contributed by atoms with Gasteiger partial charge in [0.05, 0.1) is 36.8 Å².